The van der Waals surface area contributed by atoms with Gasteiger partial charge in [-0.05, 0) is 176 Å². The molecule has 10 rings (SSSR count). The second-order valence-electron chi connectivity index (χ2n) is 23.2. The molecule has 2 unspecified atom stereocenters. The smallest absolute Gasteiger partial charge is 0.261 e. The summed E-state index contributed by atoms with van der Waals surface area (Å²) in [4.78, 5) is 61.3. The number of nitrogens with one attached hydrogen (secondary N) is 2. The average Bonchev–Trinajstić information content (AvgIpc) is 3.99. The van der Waals surface area contributed by atoms with Crippen LogP contribution in [-0.2, 0) is 96.4 Å². The van der Waals surface area contributed by atoms with Crippen molar-refractivity contribution in [3.05, 3.63) is 170 Å². The molecule has 0 saturated heterocycles. The average molecular weight is 1180 g/mol. The summed E-state index contributed by atoms with van der Waals surface area (Å²) in [6, 6.07) is 35.7. The number of carbonyl (C=O) groups is 4. The van der Waals surface area contributed by atoms with Crippen LogP contribution in [0.15, 0.2) is 114 Å². The fraction of sp³-hybridized carbons (Fsp3) is 0.379. The molecule has 6 aromatic rings. The number of rotatable bonds is 18. The first-order valence-corrected chi connectivity index (χ1v) is 33.3. The summed E-state index contributed by atoms with van der Waals surface area (Å²) in [6.45, 7) is 14.9. The quantitative estimate of drug-likeness (QED) is 0.0764. The lowest BCUT2D eigenvalue weighted by atomic mass is 9.98. The molecule has 3 N–H and O–H groups in total. The first-order valence-electron chi connectivity index (χ1n) is 28.2. The number of aliphatic imine (C=N–C) groups is 1. The Balaban J connectivity index is 0.000000198. The highest BCUT2D eigenvalue weighted by Gasteiger charge is 2.38. The van der Waals surface area contributed by atoms with E-state index >= 15 is 0 Å². The van der Waals surface area contributed by atoms with E-state index in [-0.39, 0.29) is 77.3 Å². The molecular formula is C66H75N5O7S4. The minimum Gasteiger partial charge on any atom is -0.489 e. The van der Waals surface area contributed by atoms with Crippen LogP contribution in [0.5, 0.6) is 11.5 Å². The number of fused-ring (bicyclic) bond motifs is 8. The van der Waals surface area contributed by atoms with Crippen LogP contribution < -0.4 is 29.9 Å². The summed E-state index contributed by atoms with van der Waals surface area (Å²) in [5.41, 5.74) is 14.2. The molecule has 0 aliphatic carbocycles. The number of anilines is 4. The Kier molecular flexibility index (Phi) is 18.8. The molecule has 4 aliphatic rings. The Morgan fingerprint density at radius 1 is 0.659 bits per heavy atom. The minimum absolute atomic E-state index is 0.00842. The normalized spacial score (nSPS) is 16.7. The first kappa shape index (κ1) is 60.2. The molecule has 0 aromatic heterocycles. The molecule has 12 nitrogen and oxygen atoms in total. The van der Waals surface area contributed by atoms with Crippen molar-refractivity contribution in [1.29, 1.82) is 0 Å². The molecule has 0 bridgehead atoms. The summed E-state index contributed by atoms with van der Waals surface area (Å²) in [6.07, 6.45) is 12.4. The molecule has 0 radical (unpaired) electrons. The molecular weight excluding hydrogens is 1100 g/mol. The number of para-hydroxylation sites is 2. The zero-order valence-corrected chi connectivity index (χ0v) is 51.7. The van der Waals surface area contributed by atoms with E-state index in [2.05, 4.69) is 63.5 Å². The van der Waals surface area contributed by atoms with Crippen LogP contribution in [0, 0.1) is 13.8 Å². The Morgan fingerprint density at radius 2 is 1.16 bits per heavy atom. The number of nitrogens with zero attached hydrogens (tertiary/aromatic N) is 3. The topological polar surface area (TPSA) is 150 Å². The van der Waals surface area contributed by atoms with E-state index in [1.165, 1.54) is 5.56 Å². The molecule has 4 atom stereocenters. The highest BCUT2D eigenvalue weighted by atomic mass is 32.8. The molecule has 6 aromatic carbocycles. The van der Waals surface area contributed by atoms with Gasteiger partial charge in [-0.1, -0.05) is 99.5 Å². The van der Waals surface area contributed by atoms with Gasteiger partial charge in [0.2, 0.25) is 11.8 Å². The fourth-order valence-electron chi connectivity index (χ4n) is 10.9. The summed E-state index contributed by atoms with van der Waals surface area (Å²) >= 11 is 10.9. The zero-order valence-electron chi connectivity index (χ0n) is 48.5. The van der Waals surface area contributed by atoms with E-state index in [0.717, 1.165) is 106 Å². The molecule has 16 heteroatoms. The Morgan fingerprint density at radius 3 is 1.73 bits per heavy atom. The number of benzene rings is 6. The Hall–Kier alpha value is -6.43. The van der Waals surface area contributed by atoms with Crippen molar-refractivity contribution in [2.75, 3.05) is 32.9 Å². The van der Waals surface area contributed by atoms with Gasteiger partial charge in [-0.15, -0.1) is 18.9 Å². The van der Waals surface area contributed by atoms with Gasteiger partial charge in [0.15, 0.2) is 0 Å². The minimum atomic E-state index is -0.202. The van der Waals surface area contributed by atoms with Gasteiger partial charge in [0.05, 0.1) is 23.9 Å². The Bertz CT molecular complexity index is 3540. The monoisotopic (exact) mass is 1180 g/mol. The number of hydrogen-bond donors (Lipinski definition) is 3. The predicted octanol–water partition coefficient (Wildman–Crippen LogP) is 12.4. The fourth-order valence-corrected chi connectivity index (χ4v) is 12.2. The van der Waals surface area contributed by atoms with Crippen molar-refractivity contribution in [2.24, 2.45) is 4.99 Å². The molecule has 4 heterocycles. The second kappa shape index (κ2) is 25.6. The second-order valence-corrected chi connectivity index (χ2v) is 30.2. The highest BCUT2D eigenvalue weighted by molar-refractivity contribution is 8.29. The molecule has 82 heavy (non-hydrogen) atoms. The predicted molar refractivity (Wildman–Crippen MR) is 342 cm³/mol. The van der Waals surface area contributed by atoms with Crippen molar-refractivity contribution in [1.82, 2.24) is 0 Å². The van der Waals surface area contributed by atoms with Crippen LogP contribution in [0.3, 0.4) is 0 Å². The van der Waals surface area contributed by atoms with Crippen molar-refractivity contribution in [3.63, 3.8) is 0 Å². The van der Waals surface area contributed by atoms with E-state index < -0.39 is 0 Å². The number of carbonyl (C=O) groups excluding carboxylic acids is 4. The maximum Gasteiger partial charge on any atom is 0.261 e. The highest BCUT2D eigenvalue weighted by Crippen LogP contribution is 2.41. The summed E-state index contributed by atoms with van der Waals surface area (Å²) in [5.74, 6) is 1.36. The van der Waals surface area contributed by atoms with E-state index in [1.54, 1.807) is 6.07 Å². The van der Waals surface area contributed by atoms with Gasteiger partial charge in [0.1, 0.15) is 24.7 Å². The van der Waals surface area contributed by atoms with Gasteiger partial charge in [0, 0.05) is 75.4 Å². The van der Waals surface area contributed by atoms with Crippen molar-refractivity contribution < 1.29 is 33.8 Å². The van der Waals surface area contributed by atoms with Crippen LogP contribution in [0.25, 0.3) is 0 Å². The maximum atomic E-state index is 13.7. The van der Waals surface area contributed by atoms with Crippen molar-refractivity contribution >= 4 is 99.6 Å². The van der Waals surface area contributed by atoms with E-state index in [4.69, 9.17) is 36.8 Å². The molecule has 0 fully saturated rings. The van der Waals surface area contributed by atoms with E-state index in [9.17, 15) is 24.3 Å². The van der Waals surface area contributed by atoms with Crippen molar-refractivity contribution in [3.8, 4) is 11.5 Å². The van der Waals surface area contributed by atoms with Crippen LogP contribution >= 0.6 is 0 Å². The third-order valence-electron chi connectivity index (χ3n) is 16.3. The summed E-state index contributed by atoms with van der Waals surface area (Å²) in [5, 5.41) is 15.9. The van der Waals surface area contributed by atoms with Gasteiger partial charge in [-0.2, -0.15) is 0 Å². The molecule has 4 amide bonds. The van der Waals surface area contributed by atoms with E-state index in [1.807, 2.05) is 127 Å². The van der Waals surface area contributed by atoms with Gasteiger partial charge < -0.3 is 30.1 Å². The van der Waals surface area contributed by atoms with Gasteiger partial charge in [-0.3, -0.25) is 29.1 Å². The van der Waals surface area contributed by atoms with Gasteiger partial charge in [0.25, 0.3) is 11.8 Å². The lowest BCUT2D eigenvalue weighted by Crippen LogP contribution is -2.37. The standard InChI is InChI=1S/C33H37N3O3S2.C33H38N2O4S2/c1-6-22-14-23(16-25(15-22)35-31(37)11-12-33(3,4)41(5)40)20-39-30-18-28-27(13-21(30)2)32(38)36-26(19-34-28)17-24-9-7-8-10-29(24)36;1-21-13-28-24(9-10-27-17-25-7-5-6-8-29(25)35(27)32(28)38)18-30(21)39-20-23-14-22(19-36)15-26(16-23)34-31(37)11-12-33(2,3)41(4)40/h7-10,13-16,18-19,26H,6,11-12,17,20H2,1-5H3,(H,35,37);5-8,13-16,18,27,36H,9-12,17,19-20H2,1-4H3,(H,34,37)/t26-,41?;27-,41?/m01/s1. The first-order chi connectivity index (χ1) is 39.1. The lowest BCUT2D eigenvalue weighted by Gasteiger charge is -2.24. The number of ether oxygens (including phenoxy) is 2. The maximum absolute atomic E-state index is 13.7. The SMILES string of the molecule is CCc1cc(COc2cc3c(cc2C)C(=O)N2c4ccccc4C[C@H]2C=N3)cc(NC(=O)CCC(C)(C)S(C)=S)c1.Cc1cc2c(cc1OCc1cc(CO)cc(NC(=O)CCC(C)(C)S(C)=S)c1)CC[C@@H]1Cc3ccccc3N1C2=O. The summed E-state index contributed by atoms with van der Waals surface area (Å²) in [7, 11) is -0.380. The van der Waals surface area contributed by atoms with Gasteiger partial charge >= 0.3 is 0 Å². The van der Waals surface area contributed by atoms with Crippen molar-refractivity contribution in [2.45, 2.75) is 148 Å². The van der Waals surface area contributed by atoms with Crippen LogP contribution in [-0.4, -0.2) is 69.0 Å². The Labute approximate surface area is 497 Å². The third-order valence-corrected chi connectivity index (χ3v) is 22.6. The molecule has 4 aliphatic heterocycles. The molecule has 0 spiro atoms. The van der Waals surface area contributed by atoms with Crippen LogP contribution in [0.2, 0.25) is 0 Å². The largest absolute Gasteiger partial charge is 0.489 e. The van der Waals surface area contributed by atoms with Crippen LogP contribution in [0.1, 0.15) is 138 Å². The summed E-state index contributed by atoms with van der Waals surface area (Å²) < 4.78 is 12.4. The number of aliphatic hydroxyl groups is 1. The molecule has 0 saturated carbocycles. The third kappa shape index (κ3) is 13.8. The number of aliphatic hydroxyl groups excluding tert-OH is 1. The lowest BCUT2D eigenvalue weighted by molar-refractivity contribution is -0.117. The molecule has 430 valence electrons. The zero-order chi connectivity index (χ0) is 58.6. The van der Waals surface area contributed by atoms with Crippen LogP contribution in [0.4, 0.5) is 28.4 Å². The van der Waals surface area contributed by atoms with Gasteiger partial charge in [-0.25, -0.2) is 0 Å². The number of hydrogen-bond acceptors (Lipinski definition) is 10. The number of aryl methyl sites for hydroxylation is 4. The number of amides is 4. The van der Waals surface area contributed by atoms with E-state index in [0.29, 0.717) is 54.1 Å².